The van der Waals surface area contributed by atoms with Crippen molar-refractivity contribution >= 4 is 0 Å². The molecular weight excluding hydrogens is 88.1 g/mol. The van der Waals surface area contributed by atoms with Gasteiger partial charge in [-0.1, -0.05) is 0 Å². The van der Waals surface area contributed by atoms with Gasteiger partial charge in [-0.2, -0.15) is 0 Å². The molecule has 1 aliphatic carbocycles. The highest BCUT2D eigenvalue weighted by Gasteiger charge is 2.21. The zero-order valence-corrected chi connectivity index (χ0v) is 4.74. The topological polar surface area (TPSA) is 9.23 Å². The van der Waals surface area contributed by atoms with Gasteiger partial charge in [-0.3, -0.25) is 0 Å². The Morgan fingerprint density at radius 3 is 2.71 bits per heavy atom. The molecule has 1 radical (unpaired) electrons. The molecule has 1 fully saturated rings. The molecule has 1 nitrogen and oxygen atoms in total. The number of hydrogen-bond acceptors (Lipinski definition) is 1. The van der Waals surface area contributed by atoms with Crippen LogP contribution in [0.4, 0.5) is 0 Å². The van der Waals surface area contributed by atoms with Crippen LogP contribution in [-0.4, -0.2) is 13.2 Å². The van der Waals surface area contributed by atoms with Gasteiger partial charge in [0.25, 0.3) is 0 Å². The van der Waals surface area contributed by atoms with Gasteiger partial charge in [-0.05, 0) is 19.8 Å². The van der Waals surface area contributed by atoms with E-state index in [4.69, 9.17) is 4.74 Å². The smallest absolute Gasteiger partial charge is 0.0528 e. The standard InChI is InChI=1S/C6H11O/c1-2-7-5-6-3-4-6/h2-5H2,1H3. The minimum absolute atomic E-state index is 0.865. The second-order valence-corrected chi connectivity index (χ2v) is 1.89. The van der Waals surface area contributed by atoms with Crippen molar-refractivity contribution < 1.29 is 4.74 Å². The van der Waals surface area contributed by atoms with E-state index < -0.39 is 0 Å². The van der Waals surface area contributed by atoms with Gasteiger partial charge in [-0.15, -0.1) is 0 Å². The van der Waals surface area contributed by atoms with Crippen LogP contribution in [0.3, 0.4) is 0 Å². The summed E-state index contributed by atoms with van der Waals surface area (Å²) in [6.45, 7) is 3.82. The van der Waals surface area contributed by atoms with Crippen molar-refractivity contribution in [2.24, 2.45) is 0 Å². The number of ether oxygens (including phenoxy) is 1. The fourth-order valence-corrected chi connectivity index (χ4v) is 0.479. The SMILES string of the molecule is CCOC[C]1CC1. The van der Waals surface area contributed by atoms with Crippen molar-refractivity contribution in [3.8, 4) is 0 Å². The maximum atomic E-state index is 5.12. The van der Waals surface area contributed by atoms with Crippen molar-refractivity contribution in [3.63, 3.8) is 0 Å². The molecule has 0 bridgehead atoms. The summed E-state index contributed by atoms with van der Waals surface area (Å²) in [5.74, 6) is 1.59. The molecule has 41 valence electrons. The van der Waals surface area contributed by atoms with E-state index >= 15 is 0 Å². The van der Waals surface area contributed by atoms with Crippen molar-refractivity contribution in [2.75, 3.05) is 13.2 Å². The highest BCUT2D eigenvalue weighted by Crippen LogP contribution is 2.31. The molecule has 0 N–H and O–H groups in total. The van der Waals surface area contributed by atoms with Gasteiger partial charge in [0.1, 0.15) is 0 Å². The molecule has 0 atom stereocenters. The third-order valence-electron chi connectivity index (χ3n) is 1.11. The summed E-state index contributed by atoms with van der Waals surface area (Å²) in [5.41, 5.74) is 0. The van der Waals surface area contributed by atoms with Crippen LogP contribution < -0.4 is 0 Å². The van der Waals surface area contributed by atoms with Crippen LogP contribution in [0.1, 0.15) is 19.8 Å². The lowest BCUT2D eigenvalue weighted by molar-refractivity contribution is 0.165. The normalized spacial score (nSPS) is 20.1. The van der Waals surface area contributed by atoms with Crippen LogP contribution in [-0.2, 0) is 4.74 Å². The Hall–Kier alpha value is -0.0400. The van der Waals surface area contributed by atoms with Crippen molar-refractivity contribution in [1.29, 1.82) is 0 Å². The van der Waals surface area contributed by atoms with Gasteiger partial charge >= 0.3 is 0 Å². The van der Waals surface area contributed by atoms with Crippen molar-refractivity contribution in [3.05, 3.63) is 5.92 Å². The Balaban J connectivity index is 1.80. The van der Waals surface area contributed by atoms with Gasteiger partial charge in [0.2, 0.25) is 0 Å². The zero-order valence-electron chi connectivity index (χ0n) is 4.74. The second kappa shape index (κ2) is 2.31. The Labute approximate surface area is 44.7 Å². The molecule has 0 heterocycles. The van der Waals surface area contributed by atoms with Crippen LogP contribution in [0, 0.1) is 5.92 Å². The first-order valence-electron chi connectivity index (χ1n) is 2.85. The van der Waals surface area contributed by atoms with E-state index in [9.17, 15) is 0 Å². The van der Waals surface area contributed by atoms with Crippen LogP contribution in [0.25, 0.3) is 0 Å². The van der Waals surface area contributed by atoms with E-state index in [0.717, 1.165) is 13.2 Å². The molecule has 1 aliphatic rings. The molecule has 1 saturated carbocycles. The lowest BCUT2D eigenvalue weighted by atomic mass is 10.5. The molecule has 0 saturated heterocycles. The molecule has 0 aliphatic heterocycles. The molecular formula is C6H11O. The first-order valence-corrected chi connectivity index (χ1v) is 2.85. The monoisotopic (exact) mass is 99.1 g/mol. The summed E-state index contributed by atoms with van der Waals surface area (Å²) >= 11 is 0. The van der Waals surface area contributed by atoms with Crippen LogP contribution in [0.2, 0.25) is 0 Å². The Bertz CT molecular complexity index is 48.1. The Morgan fingerprint density at radius 2 is 2.29 bits per heavy atom. The minimum atomic E-state index is 0.865. The van der Waals surface area contributed by atoms with Gasteiger partial charge in [-0.25, -0.2) is 0 Å². The first kappa shape index (κ1) is 5.10. The molecule has 0 unspecified atom stereocenters. The lowest BCUT2D eigenvalue weighted by Crippen LogP contribution is -1.92. The summed E-state index contributed by atoms with van der Waals surface area (Å²) in [4.78, 5) is 0. The third-order valence-corrected chi connectivity index (χ3v) is 1.11. The average molecular weight is 99.2 g/mol. The third kappa shape index (κ3) is 1.93. The van der Waals surface area contributed by atoms with Gasteiger partial charge in [0.05, 0.1) is 6.61 Å². The summed E-state index contributed by atoms with van der Waals surface area (Å²) in [5, 5.41) is 0. The van der Waals surface area contributed by atoms with E-state index in [2.05, 4.69) is 0 Å². The fourth-order valence-electron chi connectivity index (χ4n) is 0.479. The molecule has 1 heteroatoms. The maximum Gasteiger partial charge on any atom is 0.0528 e. The van der Waals surface area contributed by atoms with Crippen molar-refractivity contribution in [2.45, 2.75) is 19.8 Å². The summed E-state index contributed by atoms with van der Waals surface area (Å²) in [6.07, 6.45) is 2.64. The summed E-state index contributed by atoms with van der Waals surface area (Å²) in [6, 6.07) is 0. The minimum Gasteiger partial charge on any atom is -0.381 e. The van der Waals surface area contributed by atoms with Gasteiger partial charge in [0, 0.05) is 12.5 Å². The van der Waals surface area contributed by atoms with Crippen molar-refractivity contribution in [1.82, 2.24) is 0 Å². The highest BCUT2D eigenvalue weighted by atomic mass is 16.5. The zero-order chi connectivity index (χ0) is 5.11. The predicted octanol–water partition coefficient (Wildman–Crippen LogP) is 1.39. The van der Waals surface area contributed by atoms with Gasteiger partial charge < -0.3 is 4.74 Å². The molecule has 0 aromatic carbocycles. The number of rotatable bonds is 3. The van der Waals surface area contributed by atoms with E-state index in [1.54, 1.807) is 5.92 Å². The van der Waals surface area contributed by atoms with E-state index in [0.29, 0.717) is 0 Å². The fraction of sp³-hybridized carbons (Fsp3) is 0.833. The molecule has 7 heavy (non-hydrogen) atoms. The van der Waals surface area contributed by atoms with Crippen LogP contribution in [0.15, 0.2) is 0 Å². The summed E-state index contributed by atoms with van der Waals surface area (Å²) < 4.78 is 5.12. The average Bonchev–Trinajstić information content (AvgIpc) is 2.42. The molecule has 0 aromatic heterocycles. The van der Waals surface area contributed by atoms with E-state index in [1.807, 2.05) is 6.92 Å². The molecule has 0 aromatic rings. The second-order valence-electron chi connectivity index (χ2n) is 1.89. The number of hydrogen-bond donors (Lipinski definition) is 0. The van der Waals surface area contributed by atoms with Crippen LogP contribution >= 0.6 is 0 Å². The largest absolute Gasteiger partial charge is 0.381 e. The summed E-state index contributed by atoms with van der Waals surface area (Å²) in [7, 11) is 0. The van der Waals surface area contributed by atoms with Gasteiger partial charge in [0.15, 0.2) is 0 Å². The molecule has 0 spiro atoms. The van der Waals surface area contributed by atoms with Crippen LogP contribution in [0.5, 0.6) is 0 Å². The Morgan fingerprint density at radius 1 is 1.57 bits per heavy atom. The lowest BCUT2D eigenvalue weighted by Gasteiger charge is -1.93. The highest BCUT2D eigenvalue weighted by molar-refractivity contribution is 5.04. The van der Waals surface area contributed by atoms with E-state index in [1.165, 1.54) is 12.8 Å². The maximum absolute atomic E-state index is 5.12. The quantitative estimate of drug-likeness (QED) is 0.519. The molecule has 0 amide bonds. The first-order chi connectivity index (χ1) is 3.43. The molecule has 1 rings (SSSR count). The Kier molecular flexibility index (Phi) is 1.69. The van der Waals surface area contributed by atoms with E-state index in [-0.39, 0.29) is 0 Å². The predicted molar refractivity (Wildman–Crippen MR) is 29.0 cm³/mol.